The van der Waals surface area contributed by atoms with E-state index in [4.69, 9.17) is 4.74 Å². The molecule has 0 amide bonds. The third-order valence-electron chi connectivity index (χ3n) is 7.49. The quantitative estimate of drug-likeness (QED) is 0.0625. The van der Waals surface area contributed by atoms with Gasteiger partial charge in [-0.2, -0.15) is 0 Å². The van der Waals surface area contributed by atoms with Gasteiger partial charge in [-0.3, -0.25) is 4.79 Å². The molecule has 2 N–H and O–H groups in total. The summed E-state index contributed by atoms with van der Waals surface area (Å²) in [6, 6.07) is 11.7. The molecule has 0 radical (unpaired) electrons. The lowest BCUT2D eigenvalue weighted by molar-refractivity contribution is -0.134. The predicted molar refractivity (Wildman–Crippen MR) is 169 cm³/mol. The number of hydrogen-bond donors (Lipinski definition) is 2. The highest BCUT2D eigenvalue weighted by atomic mass is 16.5. The topological polar surface area (TPSA) is 66.8 Å². The molecular formula is C36H54O4. The molecule has 4 nitrogen and oxygen atoms in total. The molecule has 0 heterocycles. The Labute approximate surface area is 243 Å². The van der Waals surface area contributed by atoms with Crippen molar-refractivity contribution in [1.29, 1.82) is 0 Å². The third-order valence-corrected chi connectivity index (χ3v) is 7.49. The van der Waals surface area contributed by atoms with Crippen LogP contribution in [0.4, 0.5) is 0 Å². The number of aromatic hydroxyl groups is 2. The van der Waals surface area contributed by atoms with Crippen molar-refractivity contribution in [2.45, 2.75) is 135 Å². The molecule has 0 aromatic heterocycles. The van der Waals surface area contributed by atoms with Gasteiger partial charge in [0.1, 0.15) is 17.2 Å². The van der Waals surface area contributed by atoms with Crippen LogP contribution in [0.2, 0.25) is 0 Å². The first-order chi connectivity index (χ1) is 19.6. The average Bonchev–Trinajstić information content (AvgIpc) is 2.93. The van der Waals surface area contributed by atoms with Gasteiger partial charge >= 0.3 is 5.97 Å². The van der Waals surface area contributed by atoms with E-state index >= 15 is 0 Å². The highest BCUT2D eigenvalue weighted by molar-refractivity contribution is 5.74. The second-order valence-electron chi connectivity index (χ2n) is 11.3. The van der Waals surface area contributed by atoms with Crippen LogP contribution in [0.5, 0.6) is 17.2 Å². The number of rotatable bonds is 23. The first kappa shape index (κ1) is 33.5. The Hall–Kier alpha value is -2.75. The fourth-order valence-electron chi connectivity index (χ4n) is 5.07. The van der Waals surface area contributed by atoms with Crippen molar-refractivity contribution in [1.82, 2.24) is 0 Å². The highest BCUT2D eigenvalue weighted by Crippen LogP contribution is 2.24. The molecule has 0 aliphatic rings. The van der Waals surface area contributed by atoms with Crippen molar-refractivity contribution in [2.24, 2.45) is 0 Å². The van der Waals surface area contributed by atoms with Crippen LogP contribution < -0.4 is 4.74 Å². The second-order valence-corrected chi connectivity index (χ2v) is 11.3. The van der Waals surface area contributed by atoms with Crippen molar-refractivity contribution >= 4 is 18.1 Å². The minimum Gasteiger partial charge on any atom is -0.508 e. The Morgan fingerprint density at radius 1 is 0.575 bits per heavy atom. The van der Waals surface area contributed by atoms with Gasteiger partial charge in [0, 0.05) is 12.5 Å². The zero-order valence-corrected chi connectivity index (χ0v) is 25.0. The van der Waals surface area contributed by atoms with Crippen molar-refractivity contribution in [3.05, 3.63) is 53.6 Å². The van der Waals surface area contributed by atoms with E-state index in [-0.39, 0.29) is 17.5 Å². The lowest BCUT2D eigenvalue weighted by Crippen LogP contribution is -2.07. The summed E-state index contributed by atoms with van der Waals surface area (Å²) in [6.07, 6.45) is 29.3. The molecule has 0 spiro atoms. The van der Waals surface area contributed by atoms with Crippen LogP contribution in [0.1, 0.15) is 146 Å². The third kappa shape index (κ3) is 17.0. The Bertz CT molecular complexity index is 948. The maximum atomic E-state index is 12.3. The number of phenolic OH excluding ortho intramolecular Hbond substituents is 2. The van der Waals surface area contributed by atoms with Crippen molar-refractivity contribution in [2.75, 3.05) is 0 Å². The summed E-state index contributed by atoms with van der Waals surface area (Å²) in [5.74, 6) is 0.368. The number of esters is 1. The van der Waals surface area contributed by atoms with Crippen LogP contribution in [0.15, 0.2) is 42.5 Å². The van der Waals surface area contributed by atoms with E-state index < -0.39 is 0 Å². The first-order valence-electron chi connectivity index (χ1n) is 16.1. The van der Waals surface area contributed by atoms with Crippen LogP contribution in [0.3, 0.4) is 0 Å². The number of carbonyl (C=O) groups excluding carboxylic acids is 1. The molecule has 0 aliphatic heterocycles. The summed E-state index contributed by atoms with van der Waals surface area (Å²) >= 11 is 0. The summed E-state index contributed by atoms with van der Waals surface area (Å²) in [5, 5.41) is 19.4. The molecule has 0 saturated carbocycles. The monoisotopic (exact) mass is 550 g/mol. The van der Waals surface area contributed by atoms with E-state index in [9.17, 15) is 15.0 Å². The zero-order valence-electron chi connectivity index (χ0n) is 25.0. The van der Waals surface area contributed by atoms with Crippen LogP contribution in [-0.4, -0.2) is 16.2 Å². The van der Waals surface area contributed by atoms with Crippen molar-refractivity contribution < 1.29 is 19.7 Å². The highest BCUT2D eigenvalue weighted by Gasteiger charge is 2.07. The van der Waals surface area contributed by atoms with E-state index in [1.807, 2.05) is 12.2 Å². The predicted octanol–water partition coefficient (Wildman–Crippen LogP) is 11.0. The lowest BCUT2D eigenvalue weighted by atomic mass is 10.0. The van der Waals surface area contributed by atoms with Gasteiger partial charge in [-0.25, -0.2) is 0 Å². The summed E-state index contributed by atoms with van der Waals surface area (Å²) < 4.78 is 5.47. The van der Waals surface area contributed by atoms with E-state index in [1.54, 1.807) is 36.4 Å². The number of ether oxygens (including phenoxy) is 1. The van der Waals surface area contributed by atoms with E-state index in [2.05, 4.69) is 6.92 Å². The van der Waals surface area contributed by atoms with Crippen LogP contribution in [0, 0.1) is 0 Å². The minimum absolute atomic E-state index is 0.0548. The molecule has 0 fully saturated rings. The van der Waals surface area contributed by atoms with Gasteiger partial charge in [-0.05, 0) is 41.8 Å². The molecule has 0 atom stereocenters. The van der Waals surface area contributed by atoms with Gasteiger partial charge in [-0.15, -0.1) is 0 Å². The number of unbranched alkanes of at least 4 members (excludes halogenated alkanes) is 18. The molecule has 222 valence electrons. The van der Waals surface area contributed by atoms with Gasteiger partial charge in [0.2, 0.25) is 0 Å². The Kier molecular flexibility index (Phi) is 18.4. The maximum absolute atomic E-state index is 12.3. The molecule has 0 bridgehead atoms. The molecule has 4 heteroatoms. The van der Waals surface area contributed by atoms with Crippen LogP contribution in [-0.2, 0) is 4.79 Å². The molecule has 0 saturated heterocycles. The minimum atomic E-state index is -0.258. The Morgan fingerprint density at radius 3 is 1.52 bits per heavy atom. The van der Waals surface area contributed by atoms with Crippen molar-refractivity contribution in [3.8, 4) is 17.2 Å². The fourth-order valence-corrected chi connectivity index (χ4v) is 5.07. The summed E-state index contributed by atoms with van der Waals surface area (Å²) in [4.78, 5) is 12.3. The number of carbonyl (C=O) groups is 1. The van der Waals surface area contributed by atoms with Gasteiger partial charge < -0.3 is 14.9 Å². The van der Waals surface area contributed by atoms with Crippen molar-refractivity contribution in [3.63, 3.8) is 0 Å². The Morgan fingerprint density at radius 2 is 1.02 bits per heavy atom. The smallest absolute Gasteiger partial charge is 0.311 e. The normalized spacial score (nSPS) is 11.3. The molecule has 40 heavy (non-hydrogen) atoms. The zero-order chi connectivity index (χ0) is 28.7. The van der Waals surface area contributed by atoms with Crippen LogP contribution >= 0.6 is 0 Å². The van der Waals surface area contributed by atoms with Gasteiger partial charge in [0.05, 0.1) is 0 Å². The molecule has 2 rings (SSSR count). The summed E-state index contributed by atoms with van der Waals surface area (Å²) in [6.45, 7) is 2.28. The molecular weight excluding hydrogens is 496 g/mol. The molecule has 0 aliphatic carbocycles. The molecule has 2 aromatic rings. The number of phenols is 2. The SMILES string of the molecule is CCCCCCCCCCCCCCCCCCCCCC(=O)Oc1cc(O)cc(C=Cc2ccc(O)cc2)c1. The van der Waals surface area contributed by atoms with Gasteiger partial charge in [0.25, 0.3) is 0 Å². The first-order valence-corrected chi connectivity index (χ1v) is 16.1. The van der Waals surface area contributed by atoms with Gasteiger partial charge in [-0.1, -0.05) is 147 Å². The standard InChI is InChI=1S/C36H54O4/c1-2-3-4-5-6-7-8-9-10-11-12-13-14-15-16-17-18-19-20-21-36(39)40-35-29-32(28-34(38)30-35)23-22-31-24-26-33(37)27-25-31/h22-30,37-38H,2-21H2,1H3. The molecule has 2 aromatic carbocycles. The summed E-state index contributed by atoms with van der Waals surface area (Å²) in [7, 11) is 0. The largest absolute Gasteiger partial charge is 0.508 e. The fraction of sp³-hybridized carbons (Fsp3) is 0.583. The number of hydrogen-bond acceptors (Lipinski definition) is 4. The maximum Gasteiger partial charge on any atom is 0.311 e. The van der Waals surface area contributed by atoms with Crippen LogP contribution in [0.25, 0.3) is 12.2 Å². The van der Waals surface area contributed by atoms with E-state index in [0.717, 1.165) is 24.0 Å². The molecule has 0 unspecified atom stereocenters. The second kappa shape index (κ2) is 22.0. The van der Waals surface area contributed by atoms with E-state index in [1.165, 1.54) is 115 Å². The average molecular weight is 551 g/mol. The lowest BCUT2D eigenvalue weighted by Gasteiger charge is -2.07. The van der Waals surface area contributed by atoms with Gasteiger partial charge in [0.15, 0.2) is 0 Å². The Balaban J connectivity index is 1.44. The van der Waals surface area contributed by atoms with E-state index in [0.29, 0.717) is 12.2 Å². The number of benzene rings is 2. The summed E-state index contributed by atoms with van der Waals surface area (Å²) in [5.41, 5.74) is 1.66.